The van der Waals surface area contributed by atoms with Crippen LogP contribution in [-0.2, 0) is 4.79 Å². The normalized spacial score (nSPS) is 15.1. The summed E-state index contributed by atoms with van der Waals surface area (Å²) in [6, 6.07) is 0. The molecule has 0 aromatic rings. The highest BCUT2D eigenvalue weighted by Crippen LogP contribution is 2.12. The van der Waals surface area contributed by atoms with Crippen molar-refractivity contribution in [3.05, 3.63) is 0 Å². The standard InChI is InChI=1S/C11H22O3/c1-3-4-5-6-7-8-10(12)9(2)11(13)14/h9-10,12H,3-8H2,1-2H3,(H,13,14). The first-order chi connectivity index (χ1) is 6.59. The molecule has 3 nitrogen and oxygen atoms in total. The summed E-state index contributed by atoms with van der Waals surface area (Å²) in [6.45, 7) is 3.71. The molecule has 2 atom stereocenters. The van der Waals surface area contributed by atoms with Crippen LogP contribution in [0, 0.1) is 5.92 Å². The van der Waals surface area contributed by atoms with Gasteiger partial charge in [-0.3, -0.25) is 4.79 Å². The maximum atomic E-state index is 10.5. The third-order valence-electron chi connectivity index (χ3n) is 2.57. The molecule has 2 unspecified atom stereocenters. The molecule has 0 radical (unpaired) electrons. The summed E-state index contributed by atoms with van der Waals surface area (Å²) in [5.74, 6) is -1.55. The van der Waals surface area contributed by atoms with Gasteiger partial charge in [0.25, 0.3) is 0 Å². The summed E-state index contributed by atoms with van der Waals surface area (Å²) in [5.41, 5.74) is 0. The number of hydrogen-bond acceptors (Lipinski definition) is 2. The Hall–Kier alpha value is -0.570. The lowest BCUT2D eigenvalue weighted by Gasteiger charge is -2.14. The molecule has 0 bridgehead atoms. The van der Waals surface area contributed by atoms with Crippen molar-refractivity contribution in [2.75, 3.05) is 0 Å². The molecular weight excluding hydrogens is 180 g/mol. The van der Waals surface area contributed by atoms with Crippen molar-refractivity contribution in [1.82, 2.24) is 0 Å². The van der Waals surface area contributed by atoms with E-state index in [1.807, 2.05) is 0 Å². The number of aliphatic carboxylic acids is 1. The van der Waals surface area contributed by atoms with Crippen molar-refractivity contribution in [2.24, 2.45) is 5.92 Å². The molecule has 0 saturated carbocycles. The first kappa shape index (κ1) is 13.4. The van der Waals surface area contributed by atoms with E-state index in [-0.39, 0.29) is 0 Å². The van der Waals surface area contributed by atoms with E-state index in [0.29, 0.717) is 6.42 Å². The Morgan fingerprint density at radius 1 is 1.21 bits per heavy atom. The highest BCUT2D eigenvalue weighted by molar-refractivity contribution is 5.70. The smallest absolute Gasteiger partial charge is 0.308 e. The van der Waals surface area contributed by atoms with E-state index in [4.69, 9.17) is 5.11 Å². The molecule has 84 valence electrons. The fourth-order valence-electron chi connectivity index (χ4n) is 1.37. The molecule has 0 spiro atoms. The van der Waals surface area contributed by atoms with E-state index in [9.17, 15) is 9.90 Å². The molecule has 14 heavy (non-hydrogen) atoms. The SMILES string of the molecule is CCCCCCCC(O)C(C)C(=O)O. The first-order valence-electron chi connectivity index (χ1n) is 5.50. The average molecular weight is 202 g/mol. The second kappa shape index (κ2) is 7.80. The topological polar surface area (TPSA) is 57.5 Å². The van der Waals surface area contributed by atoms with Gasteiger partial charge in [0.1, 0.15) is 0 Å². The second-order valence-electron chi connectivity index (χ2n) is 3.90. The predicted octanol–water partition coefficient (Wildman–Crippen LogP) is 2.43. The Morgan fingerprint density at radius 3 is 2.29 bits per heavy atom. The minimum Gasteiger partial charge on any atom is -0.481 e. The maximum absolute atomic E-state index is 10.5. The average Bonchev–Trinajstić information content (AvgIpc) is 2.16. The lowest BCUT2D eigenvalue weighted by molar-refractivity contribution is -0.144. The van der Waals surface area contributed by atoms with E-state index in [1.54, 1.807) is 6.92 Å². The summed E-state index contributed by atoms with van der Waals surface area (Å²) in [5, 5.41) is 18.1. The maximum Gasteiger partial charge on any atom is 0.308 e. The largest absolute Gasteiger partial charge is 0.481 e. The number of aliphatic hydroxyl groups is 1. The molecule has 2 N–H and O–H groups in total. The van der Waals surface area contributed by atoms with Crippen LogP contribution in [0.15, 0.2) is 0 Å². The fraction of sp³-hybridized carbons (Fsp3) is 0.909. The van der Waals surface area contributed by atoms with E-state index in [2.05, 4.69) is 6.92 Å². The van der Waals surface area contributed by atoms with Crippen molar-refractivity contribution in [2.45, 2.75) is 58.5 Å². The lowest BCUT2D eigenvalue weighted by Crippen LogP contribution is -2.25. The molecule has 0 aromatic carbocycles. The summed E-state index contributed by atoms with van der Waals surface area (Å²) >= 11 is 0. The molecule has 0 aliphatic rings. The van der Waals surface area contributed by atoms with Gasteiger partial charge < -0.3 is 10.2 Å². The van der Waals surface area contributed by atoms with Crippen LogP contribution in [0.1, 0.15) is 52.4 Å². The summed E-state index contributed by atoms with van der Waals surface area (Å²) in [4.78, 5) is 10.5. The molecule has 0 saturated heterocycles. The van der Waals surface area contributed by atoms with Gasteiger partial charge in [-0.1, -0.05) is 39.0 Å². The van der Waals surface area contributed by atoms with Gasteiger partial charge in [-0.25, -0.2) is 0 Å². The van der Waals surface area contributed by atoms with Crippen LogP contribution in [0.2, 0.25) is 0 Å². The molecular formula is C11H22O3. The van der Waals surface area contributed by atoms with Crippen LogP contribution in [0.3, 0.4) is 0 Å². The van der Waals surface area contributed by atoms with Crippen molar-refractivity contribution >= 4 is 5.97 Å². The van der Waals surface area contributed by atoms with Gasteiger partial charge in [-0.2, -0.15) is 0 Å². The molecule has 0 rings (SSSR count). The highest BCUT2D eigenvalue weighted by atomic mass is 16.4. The summed E-state index contributed by atoms with van der Waals surface area (Å²) in [6.07, 6.45) is 5.56. The second-order valence-corrected chi connectivity index (χ2v) is 3.90. The van der Waals surface area contributed by atoms with E-state index < -0.39 is 18.0 Å². The number of carboxylic acids is 1. The van der Waals surface area contributed by atoms with E-state index in [0.717, 1.165) is 12.8 Å². The van der Waals surface area contributed by atoms with Crippen molar-refractivity contribution in [3.63, 3.8) is 0 Å². The van der Waals surface area contributed by atoms with Gasteiger partial charge in [0.05, 0.1) is 12.0 Å². The molecule has 0 aromatic heterocycles. The van der Waals surface area contributed by atoms with Gasteiger partial charge in [-0.15, -0.1) is 0 Å². The highest BCUT2D eigenvalue weighted by Gasteiger charge is 2.20. The van der Waals surface area contributed by atoms with Crippen LogP contribution in [0.4, 0.5) is 0 Å². The van der Waals surface area contributed by atoms with Gasteiger partial charge in [0, 0.05) is 0 Å². The number of hydrogen-bond donors (Lipinski definition) is 2. The Morgan fingerprint density at radius 2 is 1.79 bits per heavy atom. The number of rotatable bonds is 8. The van der Waals surface area contributed by atoms with Crippen molar-refractivity contribution in [1.29, 1.82) is 0 Å². The number of unbranched alkanes of at least 4 members (excludes halogenated alkanes) is 4. The Kier molecular flexibility index (Phi) is 7.48. The molecule has 0 aliphatic heterocycles. The Labute approximate surface area is 86.1 Å². The van der Waals surface area contributed by atoms with E-state index in [1.165, 1.54) is 19.3 Å². The summed E-state index contributed by atoms with van der Waals surface area (Å²) < 4.78 is 0. The quantitative estimate of drug-likeness (QED) is 0.594. The van der Waals surface area contributed by atoms with Crippen LogP contribution >= 0.6 is 0 Å². The Bertz CT molecular complexity index is 157. The van der Waals surface area contributed by atoms with E-state index >= 15 is 0 Å². The predicted molar refractivity (Wildman–Crippen MR) is 56.2 cm³/mol. The van der Waals surface area contributed by atoms with Gasteiger partial charge in [0.15, 0.2) is 0 Å². The Balaban J connectivity index is 3.43. The lowest BCUT2D eigenvalue weighted by atomic mass is 9.99. The zero-order valence-corrected chi connectivity index (χ0v) is 9.20. The van der Waals surface area contributed by atoms with Crippen molar-refractivity contribution in [3.8, 4) is 0 Å². The fourth-order valence-corrected chi connectivity index (χ4v) is 1.37. The number of carboxylic acid groups (broad SMARTS) is 1. The minimum atomic E-state index is -0.911. The molecule has 0 amide bonds. The third kappa shape index (κ3) is 5.97. The molecule has 3 heteroatoms. The zero-order valence-electron chi connectivity index (χ0n) is 9.20. The minimum absolute atomic E-state index is 0.608. The molecule has 0 fully saturated rings. The van der Waals surface area contributed by atoms with Crippen LogP contribution in [0.5, 0.6) is 0 Å². The van der Waals surface area contributed by atoms with Gasteiger partial charge in [-0.05, 0) is 13.3 Å². The molecule has 0 aliphatic carbocycles. The number of aliphatic hydroxyl groups excluding tert-OH is 1. The third-order valence-corrected chi connectivity index (χ3v) is 2.57. The van der Waals surface area contributed by atoms with Crippen LogP contribution in [-0.4, -0.2) is 22.3 Å². The number of carbonyl (C=O) groups is 1. The van der Waals surface area contributed by atoms with Crippen LogP contribution in [0.25, 0.3) is 0 Å². The monoisotopic (exact) mass is 202 g/mol. The van der Waals surface area contributed by atoms with Crippen molar-refractivity contribution < 1.29 is 15.0 Å². The summed E-state index contributed by atoms with van der Waals surface area (Å²) in [7, 11) is 0. The molecule has 0 heterocycles. The first-order valence-corrected chi connectivity index (χ1v) is 5.50. The van der Waals surface area contributed by atoms with Crippen LogP contribution < -0.4 is 0 Å². The zero-order chi connectivity index (χ0) is 11.0. The van der Waals surface area contributed by atoms with Gasteiger partial charge in [0.2, 0.25) is 0 Å². The van der Waals surface area contributed by atoms with Gasteiger partial charge >= 0.3 is 5.97 Å².